The molecule has 126 valence electrons. The van der Waals surface area contributed by atoms with Gasteiger partial charge in [0.05, 0.1) is 5.02 Å². The standard InChI is InChI=1S/C18H17ClFNO3/c1-2-15(21)13-5-6-14(19)18(17(13)20)24-12-4-3-10-7-11(22)9-23-16(10)8-12/h3-6,8,15H,2,7,9,21H2,1H3/t15-/m1/s1. The summed E-state index contributed by atoms with van der Waals surface area (Å²) in [5.74, 6) is 0.332. The minimum atomic E-state index is -0.564. The maximum Gasteiger partial charge on any atom is 0.181 e. The van der Waals surface area contributed by atoms with Gasteiger partial charge in [0, 0.05) is 29.7 Å². The lowest BCUT2D eigenvalue weighted by Crippen LogP contribution is -2.20. The van der Waals surface area contributed by atoms with E-state index >= 15 is 0 Å². The fourth-order valence-electron chi connectivity index (χ4n) is 2.57. The van der Waals surface area contributed by atoms with Crippen molar-refractivity contribution in [3.05, 3.63) is 52.3 Å². The molecule has 0 spiro atoms. The summed E-state index contributed by atoms with van der Waals surface area (Å²) < 4.78 is 25.7. The highest BCUT2D eigenvalue weighted by atomic mass is 35.5. The number of fused-ring (bicyclic) bond motifs is 1. The number of ketones is 1. The molecule has 0 amide bonds. The molecule has 0 bridgehead atoms. The molecule has 1 aliphatic rings. The van der Waals surface area contributed by atoms with Crippen LogP contribution in [0.25, 0.3) is 0 Å². The molecule has 6 heteroatoms. The Morgan fingerprint density at radius 1 is 1.38 bits per heavy atom. The van der Waals surface area contributed by atoms with Crippen LogP contribution in [-0.2, 0) is 11.2 Å². The Hall–Kier alpha value is -2.11. The molecule has 2 aromatic rings. The predicted octanol–water partition coefficient (Wildman–Crippen LogP) is 4.19. The number of hydrogen-bond acceptors (Lipinski definition) is 4. The number of ether oxygens (including phenoxy) is 2. The number of carbonyl (C=O) groups excluding carboxylic acids is 1. The molecule has 0 fully saturated rings. The third-order valence-corrected chi connectivity index (χ3v) is 4.25. The fraction of sp³-hybridized carbons (Fsp3) is 0.278. The van der Waals surface area contributed by atoms with Crippen molar-refractivity contribution in [1.29, 1.82) is 0 Å². The van der Waals surface area contributed by atoms with Gasteiger partial charge in [0.1, 0.15) is 18.1 Å². The largest absolute Gasteiger partial charge is 0.485 e. The zero-order chi connectivity index (χ0) is 17.3. The molecule has 2 N–H and O–H groups in total. The van der Waals surface area contributed by atoms with Crippen LogP contribution in [-0.4, -0.2) is 12.4 Å². The fourth-order valence-corrected chi connectivity index (χ4v) is 2.75. The third kappa shape index (κ3) is 3.23. The molecule has 0 unspecified atom stereocenters. The Morgan fingerprint density at radius 2 is 2.17 bits per heavy atom. The molecular formula is C18H17ClFNO3. The Morgan fingerprint density at radius 3 is 2.92 bits per heavy atom. The van der Waals surface area contributed by atoms with Gasteiger partial charge >= 0.3 is 0 Å². The number of hydrogen-bond donors (Lipinski definition) is 1. The molecular weight excluding hydrogens is 333 g/mol. The van der Waals surface area contributed by atoms with Crippen LogP contribution < -0.4 is 15.2 Å². The monoisotopic (exact) mass is 349 g/mol. The predicted molar refractivity (Wildman–Crippen MR) is 89.4 cm³/mol. The molecule has 0 saturated heterocycles. The minimum absolute atomic E-state index is 0.0199. The molecule has 0 aromatic heterocycles. The van der Waals surface area contributed by atoms with Crippen LogP contribution in [0.15, 0.2) is 30.3 Å². The van der Waals surface area contributed by atoms with Crippen LogP contribution in [0.3, 0.4) is 0 Å². The first-order valence-corrected chi connectivity index (χ1v) is 8.06. The van der Waals surface area contributed by atoms with Crippen LogP contribution >= 0.6 is 11.6 Å². The van der Waals surface area contributed by atoms with E-state index in [4.69, 9.17) is 26.8 Å². The number of halogens is 2. The average Bonchev–Trinajstić information content (AvgIpc) is 2.58. The number of nitrogens with two attached hydrogens (primary N) is 1. The van der Waals surface area contributed by atoms with Crippen LogP contribution in [0.2, 0.25) is 5.02 Å². The zero-order valence-corrected chi connectivity index (χ0v) is 13.9. The Balaban J connectivity index is 1.93. The molecule has 0 saturated carbocycles. The second-order valence-corrected chi connectivity index (χ2v) is 6.08. The average molecular weight is 350 g/mol. The lowest BCUT2D eigenvalue weighted by molar-refractivity contribution is -0.121. The smallest absolute Gasteiger partial charge is 0.181 e. The van der Waals surface area contributed by atoms with Crippen LogP contribution in [0.4, 0.5) is 4.39 Å². The van der Waals surface area contributed by atoms with Gasteiger partial charge in [-0.15, -0.1) is 0 Å². The van der Waals surface area contributed by atoms with Crippen LogP contribution in [0.1, 0.15) is 30.5 Å². The van der Waals surface area contributed by atoms with E-state index in [2.05, 4.69) is 0 Å². The van der Waals surface area contributed by atoms with Gasteiger partial charge in [-0.2, -0.15) is 0 Å². The second-order valence-electron chi connectivity index (χ2n) is 5.67. The summed E-state index contributed by atoms with van der Waals surface area (Å²) in [5.41, 5.74) is 7.06. The first kappa shape index (κ1) is 16.7. The van der Waals surface area contributed by atoms with Gasteiger partial charge in [-0.1, -0.05) is 30.7 Å². The van der Waals surface area contributed by atoms with Gasteiger partial charge < -0.3 is 15.2 Å². The van der Waals surface area contributed by atoms with Crippen LogP contribution in [0, 0.1) is 5.82 Å². The van der Waals surface area contributed by atoms with Gasteiger partial charge in [-0.3, -0.25) is 4.79 Å². The van der Waals surface area contributed by atoms with E-state index in [-0.39, 0.29) is 23.2 Å². The maximum absolute atomic E-state index is 14.7. The van der Waals surface area contributed by atoms with Crippen molar-refractivity contribution in [2.75, 3.05) is 6.61 Å². The Labute approximate surface area is 144 Å². The van der Waals surface area contributed by atoms with E-state index in [1.165, 1.54) is 0 Å². The van der Waals surface area contributed by atoms with Crippen LogP contribution in [0.5, 0.6) is 17.2 Å². The van der Waals surface area contributed by atoms with Gasteiger partial charge in [0.15, 0.2) is 17.3 Å². The molecule has 3 rings (SSSR count). The summed E-state index contributed by atoms with van der Waals surface area (Å²) in [5, 5.41) is 0.161. The van der Waals surface area contributed by atoms with Crippen molar-refractivity contribution in [3.8, 4) is 17.2 Å². The lowest BCUT2D eigenvalue weighted by Gasteiger charge is -2.18. The van der Waals surface area contributed by atoms with Gasteiger partial charge in [-0.25, -0.2) is 4.39 Å². The molecule has 1 atom stereocenters. The van der Waals surface area contributed by atoms with Gasteiger partial charge in [0.25, 0.3) is 0 Å². The molecule has 24 heavy (non-hydrogen) atoms. The summed E-state index contributed by atoms with van der Waals surface area (Å²) in [6.45, 7) is 1.91. The van der Waals surface area contributed by atoms with Crippen molar-refractivity contribution in [1.82, 2.24) is 0 Å². The molecule has 1 aliphatic heterocycles. The van der Waals surface area contributed by atoms with Crippen molar-refractivity contribution >= 4 is 17.4 Å². The molecule has 0 aliphatic carbocycles. The quantitative estimate of drug-likeness (QED) is 0.899. The Bertz CT molecular complexity index is 794. The molecule has 2 aromatic carbocycles. The summed E-state index contributed by atoms with van der Waals surface area (Å²) in [7, 11) is 0. The van der Waals surface area contributed by atoms with E-state index in [1.54, 1.807) is 30.3 Å². The van der Waals surface area contributed by atoms with Gasteiger partial charge in [-0.05, 0) is 18.6 Å². The normalized spacial score (nSPS) is 14.8. The van der Waals surface area contributed by atoms with E-state index in [0.717, 1.165) is 5.56 Å². The lowest BCUT2D eigenvalue weighted by atomic mass is 10.0. The number of carbonyl (C=O) groups is 1. The zero-order valence-electron chi connectivity index (χ0n) is 13.1. The van der Waals surface area contributed by atoms with E-state index in [1.807, 2.05) is 6.92 Å². The van der Waals surface area contributed by atoms with Crippen molar-refractivity contribution in [2.24, 2.45) is 5.73 Å². The number of benzene rings is 2. The first-order chi connectivity index (χ1) is 11.5. The minimum Gasteiger partial charge on any atom is -0.485 e. The summed E-state index contributed by atoms with van der Waals surface area (Å²) in [6, 6.07) is 7.73. The third-order valence-electron chi connectivity index (χ3n) is 3.95. The van der Waals surface area contributed by atoms with E-state index in [9.17, 15) is 9.18 Å². The maximum atomic E-state index is 14.7. The Kier molecular flexibility index (Phi) is 4.73. The molecule has 0 radical (unpaired) electrons. The summed E-state index contributed by atoms with van der Waals surface area (Å²) in [4.78, 5) is 11.4. The topological polar surface area (TPSA) is 61.6 Å². The summed E-state index contributed by atoms with van der Waals surface area (Å²) >= 11 is 6.08. The summed E-state index contributed by atoms with van der Waals surface area (Å²) in [6.07, 6.45) is 0.921. The van der Waals surface area contributed by atoms with Crippen molar-refractivity contribution in [3.63, 3.8) is 0 Å². The number of rotatable bonds is 4. The van der Waals surface area contributed by atoms with E-state index < -0.39 is 11.9 Å². The highest BCUT2D eigenvalue weighted by molar-refractivity contribution is 6.32. The molecule has 1 heterocycles. The van der Waals surface area contributed by atoms with E-state index in [0.29, 0.717) is 29.9 Å². The van der Waals surface area contributed by atoms with Crippen molar-refractivity contribution < 1.29 is 18.7 Å². The number of Topliss-reactive ketones (excluding diaryl/α,β-unsaturated/α-hetero) is 1. The highest BCUT2D eigenvalue weighted by Crippen LogP contribution is 2.37. The highest BCUT2D eigenvalue weighted by Gasteiger charge is 2.20. The van der Waals surface area contributed by atoms with Crippen molar-refractivity contribution in [2.45, 2.75) is 25.8 Å². The SMILES string of the molecule is CC[C@@H](N)c1ccc(Cl)c(Oc2ccc3c(c2)OCC(=O)C3)c1F. The second kappa shape index (κ2) is 6.79. The van der Waals surface area contributed by atoms with Gasteiger partial charge in [0.2, 0.25) is 0 Å². The molecule has 4 nitrogen and oxygen atoms in total. The first-order valence-electron chi connectivity index (χ1n) is 7.68.